The highest BCUT2D eigenvalue weighted by Gasteiger charge is 2.23. The van der Waals surface area contributed by atoms with Gasteiger partial charge in [0.05, 0.1) is 6.26 Å². The molecule has 1 rings (SSSR count). The molecule has 0 aliphatic carbocycles. The van der Waals surface area contributed by atoms with Crippen molar-refractivity contribution in [3.63, 3.8) is 0 Å². The molecule has 6 heteroatoms. The summed E-state index contributed by atoms with van der Waals surface area (Å²) in [6, 6.07) is 0. The topological polar surface area (TPSA) is 86.7 Å². The Morgan fingerprint density at radius 3 is 2.71 bits per heavy atom. The molecular formula is C8H10N2O4. The Bertz CT molecular complexity index is 298. The molecule has 0 radical (unpaired) electrons. The molecule has 0 aromatic rings. The van der Waals surface area contributed by atoms with E-state index in [0.717, 1.165) is 11.1 Å². The Balaban J connectivity index is 2.48. The molecule has 6 nitrogen and oxygen atoms in total. The molecule has 1 aliphatic heterocycles. The monoisotopic (exact) mass is 198 g/mol. The zero-order chi connectivity index (χ0) is 10.6. The van der Waals surface area contributed by atoms with E-state index in [-0.39, 0.29) is 5.91 Å². The molecule has 0 atom stereocenters. The number of aliphatic hydroxyl groups is 1. The van der Waals surface area contributed by atoms with Gasteiger partial charge in [0.2, 0.25) is 11.7 Å². The Morgan fingerprint density at radius 1 is 1.50 bits per heavy atom. The highest BCUT2D eigenvalue weighted by molar-refractivity contribution is 6.40. The average Bonchev–Trinajstić information content (AvgIpc) is 2.52. The highest BCUT2D eigenvalue weighted by atomic mass is 16.2. The van der Waals surface area contributed by atoms with Gasteiger partial charge in [-0.05, 0) is 6.42 Å². The van der Waals surface area contributed by atoms with Gasteiger partial charge in [0.15, 0.2) is 0 Å². The van der Waals surface area contributed by atoms with Crippen LogP contribution >= 0.6 is 0 Å². The van der Waals surface area contributed by atoms with E-state index in [0.29, 0.717) is 25.6 Å². The Morgan fingerprint density at radius 2 is 2.21 bits per heavy atom. The molecule has 1 fully saturated rings. The molecule has 0 aromatic heterocycles. The Kier molecular flexibility index (Phi) is 3.22. The molecule has 2 N–H and O–H groups in total. The SMILES string of the molecule is O=C(C=CO)C(=O)NN1CCCC1=O. The summed E-state index contributed by atoms with van der Waals surface area (Å²) in [5, 5.41) is 9.34. The van der Waals surface area contributed by atoms with Crippen LogP contribution in [0.15, 0.2) is 12.3 Å². The Labute approximate surface area is 80.2 Å². The van der Waals surface area contributed by atoms with E-state index >= 15 is 0 Å². The van der Waals surface area contributed by atoms with Crippen molar-refractivity contribution < 1.29 is 19.5 Å². The fraction of sp³-hybridized carbons (Fsp3) is 0.375. The van der Waals surface area contributed by atoms with Crippen LogP contribution in [0.4, 0.5) is 0 Å². The molecule has 14 heavy (non-hydrogen) atoms. The van der Waals surface area contributed by atoms with Crippen LogP contribution in [0.2, 0.25) is 0 Å². The van der Waals surface area contributed by atoms with Crippen molar-refractivity contribution in [3.05, 3.63) is 12.3 Å². The molecule has 76 valence electrons. The summed E-state index contributed by atoms with van der Waals surface area (Å²) in [4.78, 5) is 32.9. The summed E-state index contributed by atoms with van der Waals surface area (Å²) in [5.41, 5.74) is 2.15. The normalized spacial score (nSPS) is 16.3. The number of hydrogen-bond acceptors (Lipinski definition) is 4. The number of hydrogen-bond donors (Lipinski definition) is 2. The van der Waals surface area contributed by atoms with E-state index in [9.17, 15) is 14.4 Å². The Hall–Kier alpha value is -1.85. The van der Waals surface area contributed by atoms with Crippen LogP contribution in [0.3, 0.4) is 0 Å². The zero-order valence-corrected chi connectivity index (χ0v) is 7.40. The second-order valence-corrected chi connectivity index (χ2v) is 2.77. The third kappa shape index (κ3) is 2.32. The maximum Gasteiger partial charge on any atom is 0.310 e. The van der Waals surface area contributed by atoms with Crippen molar-refractivity contribution in [1.29, 1.82) is 0 Å². The smallest absolute Gasteiger partial charge is 0.310 e. The van der Waals surface area contributed by atoms with Gasteiger partial charge >= 0.3 is 5.91 Å². The summed E-state index contributed by atoms with van der Waals surface area (Å²) in [6.45, 7) is 0.417. The third-order valence-corrected chi connectivity index (χ3v) is 1.76. The predicted octanol–water partition coefficient (Wildman–Crippen LogP) is -0.719. The molecule has 0 spiro atoms. The summed E-state index contributed by atoms with van der Waals surface area (Å²) < 4.78 is 0. The number of carbonyl (C=O) groups is 3. The van der Waals surface area contributed by atoms with Crippen molar-refractivity contribution in [2.75, 3.05) is 6.54 Å². The van der Waals surface area contributed by atoms with Crippen molar-refractivity contribution in [1.82, 2.24) is 10.4 Å². The third-order valence-electron chi connectivity index (χ3n) is 1.76. The molecule has 1 saturated heterocycles. The maximum absolute atomic E-state index is 11.0. The molecule has 0 aromatic carbocycles. The van der Waals surface area contributed by atoms with Crippen LogP contribution in [0.5, 0.6) is 0 Å². The predicted molar refractivity (Wildman–Crippen MR) is 45.9 cm³/mol. The van der Waals surface area contributed by atoms with Crippen LogP contribution in [0.1, 0.15) is 12.8 Å². The van der Waals surface area contributed by atoms with Gasteiger partial charge in [0.25, 0.3) is 0 Å². The molecule has 1 aliphatic rings. The highest BCUT2D eigenvalue weighted by Crippen LogP contribution is 2.05. The number of hydrazine groups is 1. The number of carbonyl (C=O) groups excluding carboxylic acids is 3. The van der Waals surface area contributed by atoms with Gasteiger partial charge in [-0.2, -0.15) is 0 Å². The molecular weight excluding hydrogens is 188 g/mol. The lowest BCUT2D eigenvalue weighted by Gasteiger charge is -2.14. The van der Waals surface area contributed by atoms with Gasteiger partial charge in [-0.25, -0.2) is 0 Å². The van der Waals surface area contributed by atoms with E-state index in [1.54, 1.807) is 0 Å². The van der Waals surface area contributed by atoms with E-state index < -0.39 is 11.7 Å². The summed E-state index contributed by atoms with van der Waals surface area (Å²) in [5.74, 6) is -2.03. The molecule has 2 amide bonds. The fourth-order valence-corrected chi connectivity index (χ4v) is 1.09. The van der Waals surface area contributed by atoms with Gasteiger partial charge < -0.3 is 5.11 Å². The second kappa shape index (κ2) is 4.40. The van der Waals surface area contributed by atoms with E-state index in [4.69, 9.17) is 5.11 Å². The van der Waals surface area contributed by atoms with Gasteiger partial charge in [-0.1, -0.05) is 0 Å². The van der Waals surface area contributed by atoms with Crippen LogP contribution in [-0.2, 0) is 14.4 Å². The van der Waals surface area contributed by atoms with Gasteiger partial charge in [0.1, 0.15) is 0 Å². The largest absolute Gasteiger partial charge is 0.515 e. The van der Waals surface area contributed by atoms with Crippen LogP contribution in [0.25, 0.3) is 0 Å². The summed E-state index contributed by atoms with van der Waals surface area (Å²) in [6.07, 6.45) is 2.25. The number of amides is 2. The quantitative estimate of drug-likeness (QED) is 0.356. The summed E-state index contributed by atoms with van der Waals surface area (Å²) in [7, 11) is 0. The van der Waals surface area contributed by atoms with Crippen LogP contribution in [0, 0.1) is 0 Å². The molecule has 0 unspecified atom stereocenters. The first-order chi connectivity index (χ1) is 6.65. The van der Waals surface area contributed by atoms with Gasteiger partial charge in [-0.3, -0.25) is 24.8 Å². The number of rotatable bonds is 3. The summed E-state index contributed by atoms with van der Waals surface area (Å²) >= 11 is 0. The lowest BCUT2D eigenvalue weighted by molar-refractivity contribution is -0.143. The first-order valence-corrected chi connectivity index (χ1v) is 4.11. The van der Waals surface area contributed by atoms with Crippen molar-refractivity contribution in [2.24, 2.45) is 0 Å². The van der Waals surface area contributed by atoms with Crippen molar-refractivity contribution in [3.8, 4) is 0 Å². The molecule has 1 heterocycles. The van der Waals surface area contributed by atoms with Crippen LogP contribution < -0.4 is 5.43 Å². The number of aliphatic hydroxyl groups excluding tert-OH is 1. The molecule has 0 bridgehead atoms. The lowest BCUT2D eigenvalue weighted by atomic mass is 10.4. The maximum atomic E-state index is 11.0. The number of ketones is 1. The first kappa shape index (κ1) is 10.2. The standard InChI is InChI=1S/C8H10N2O4/c11-5-3-6(12)8(14)9-10-4-1-2-7(10)13/h3,5,11H,1-2,4H2,(H,9,14). The molecule has 0 saturated carbocycles. The van der Waals surface area contributed by atoms with Gasteiger partial charge in [-0.15, -0.1) is 0 Å². The van der Waals surface area contributed by atoms with Crippen molar-refractivity contribution in [2.45, 2.75) is 12.8 Å². The minimum atomic E-state index is -0.925. The minimum absolute atomic E-state index is 0.209. The first-order valence-electron chi connectivity index (χ1n) is 4.11. The van der Waals surface area contributed by atoms with E-state index in [2.05, 4.69) is 5.43 Å². The average molecular weight is 198 g/mol. The number of nitrogens with one attached hydrogen (secondary N) is 1. The fourth-order valence-electron chi connectivity index (χ4n) is 1.09. The second-order valence-electron chi connectivity index (χ2n) is 2.77. The van der Waals surface area contributed by atoms with Gasteiger partial charge in [0, 0.05) is 19.0 Å². The zero-order valence-electron chi connectivity index (χ0n) is 7.40. The van der Waals surface area contributed by atoms with Crippen molar-refractivity contribution >= 4 is 17.6 Å². The van der Waals surface area contributed by atoms with E-state index in [1.807, 2.05) is 0 Å². The van der Waals surface area contributed by atoms with E-state index in [1.165, 1.54) is 0 Å². The lowest BCUT2D eigenvalue weighted by Crippen LogP contribution is -2.45. The number of nitrogens with zero attached hydrogens (tertiary/aromatic N) is 1. The van der Waals surface area contributed by atoms with Crippen LogP contribution in [-0.4, -0.2) is 34.3 Å². The minimum Gasteiger partial charge on any atom is -0.515 e.